The minimum atomic E-state index is -1.68. The van der Waals surface area contributed by atoms with Crippen molar-refractivity contribution in [1.82, 2.24) is 10.3 Å². The Morgan fingerprint density at radius 3 is 2.00 bits per heavy atom. The van der Waals surface area contributed by atoms with Gasteiger partial charge in [-0.15, -0.1) is 0 Å². The Kier molecular flexibility index (Phi) is 19.5. The van der Waals surface area contributed by atoms with E-state index in [0.29, 0.717) is 25.1 Å². The van der Waals surface area contributed by atoms with Gasteiger partial charge in [0.25, 0.3) is 0 Å². The molecule has 1 amide bonds. The molecule has 15 nitrogen and oxygen atoms in total. The highest BCUT2D eigenvalue weighted by molar-refractivity contribution is 5.84. The largest absolute Gasteiger partial charge is 0.462 e. The normalized spacial score (nSPS) is 29.0. The van der Waals surface area contributed by atoms with Crippen molar-refractivity contribution in [3.05, 3.63) is 30.0 Å². The summed E-state index contributed by atoms with van der Waals surface area (Å²) in [7, 11) is 0. The number of aliphatic hydroxyl groups is 8. The van der Waals surface area contributed by atoms with E-state index < -0.39 is 74.6 Å². The Hall–Kier alpha value is -2.41. The summed E-state index contributed by atoms with van der Waals surface area (Å²) in [6.07, 6.45) is 3.68. The van der Waals surface area contributed by atoms with Gasteiger partial charge in [0.2, 0.25) is 12.2 Å². The van der Waals surface area contributed by atoms with Crippen LogP contribution in [0.4, 0.5) is 0 Å². The van der Waals surface area contributed by atoms with Gasteiger partial charge in [0, 0.05) is 30.1 Å². The van der Waals surface area contributed by atoms with Crippen molar-refractivity contribution in [2.75, 3.05) is 19.8 Å². The summed E-state index contributed by atoms with van der Waals surface area (Å²) in [5, 5.41) is 84.9. The highest BCUT2D eigenvalue weighted by Crippen LogP contribution is 2.30. The summed E-state index contributed by atoms with van der Waals surface area (Å²) in [6, 6.07) is 5.19. The molecule has 0 radical (unpaired) electrons. The molecule has 15 heteroatoms. The predicted molar refractivity (Wildman–Crippen MR) is 203 cm³/mol. The lowest BCUT2D eigenvalue weighted by molar-refractivity contribution is -0.323. The van der Waals surface area contributed by atoms with Gasteiger partial charge < -0.3 is 70.1 Å². The number of aromatic amines is 1. The van der Waals surface area contributed by atoms with E-state index in [1.54, 1.807) is 18.2 Å². The quantitative estimate of drug-likeness (QED) is 0.0650. The molecule has 0 spiro atoms. The van der Waals surface area contributed by atoms with Gasteiger partial charge in [0.15, 0.2) is 6.29 Å². The van der Waals surface area contributed by atoms with Gasteiger partial charge in [-0.3, -0.25) is 4.79 Å². The molecule has 2 aromatic rings. The lowest BCUT2D eigenvalue weighted by Crippen LogP contribution is -2.62. The Morgan fingerprint density at radius 1 is 0.782 bits per heavy atom. The number of rotatable bonds is 25. The maximum Gasteiger partial charge on any atom is 0.229 e. The molecule has 2 aliphatic heterocycles. The minimum Gasteiger partial charge on any atom is -0.462 e. The Morgan fingerprint density at radius 2 is 1.36 bits per heavy atom. The highest BCUT2D eigenvalue weighted by Gasteiger charge is 2.48. The molecule has 55 heavy (non-hydrogen) atoms. The smallest absolute Gasteiger partial charge is 0.229 e. The second kappa shape index (κ2) is 23.7. The molecule has 2 saturated heterocycles. The number of carbonyl (C=O) groups is 1. The fourth-order valence-corrected chi connectivity index (χ4v) is 7.18. The average Bonchev–Trinajstić information content (AvgIpc) is 3.59. The van der Waals surface area contributed by atoms with Gasteiger partial charge in [-0.05, 0) is 49.4 Å². The summed E-state index contributed by atoms with van der Waals surface area (Å²) < 4.78 is 22.5. The van der Waals surface area contributed by atoms with E-state index in [-0.39, 0.29) is 12.0 Å². The monoisotopic (exact) mass is 782 g/mol. The Bertz CT molecular complexity index is 1380. The molecule has 1 aromatic heterocycles. The summed E-state index contributed by atoms with van der Waals surface area (Å²) in [4.78, 5) is 15.7. The van der Waals surface area contributed by atoms with Crippen LogP contribution in [0.2, 0.25) is 0 Å². The molecule has 10 N–H and O–H groups in total. The van der Waals surface area contributed by atoms with E-state index in [9.17, 15) is 45.6 Å². The van der Waals surface area contributed by atoms with E-state index in [1.807, 2.05) is 13.1 Å². The number of hydrogen-bond donors (Lipinski definition) is 10. The molecule has 2 fully saturated rings. The molecule has 0 aliphatic carbocycles. The van der Waals surface area contributed by atoms with Gasteiger partial charge in [-0.2, -0.15) is 0 Å². The predicted octanol–water partition coefficient (Wildman–Crippen LogP) is 2.06. The number of carbonyl (C=O) groups excluding carboxylic acids is 1. The van der Waals surface area contributed by atoms with Crippen molar-refractivity contribution in [1.29, 1.82) is 0 Å². The van der Waals surface area contributed by atoms with Crippen molar-refractivity contribution in [2.45, 2.75) is 177 Å². The minimum absolute atomic E-state index is 0.0299. The number of fused-ring (bicyclic) bond motifs is 1. The molecular formula is C40H66N2O13. The number of nitrogens with one attached hydrogen (secondary N) is 2. The molecule has 11 unspecified atom stereocenters. The molecule has 0 saturated carbocycles. The van der Waals surface area contributed by atoms with E-state index in [2.05, 4.69) is 10.3 Å². The van der Waals surface area contributed by atoms with Gasteiger partial charge in [-0.25, -0.2) is 0 Å². The number of unbranched alkanes of at least 4 members (excludes halogenated alkanes) is 11. The first-order chi connectivity index (χ1) is 26.5. The summed E-state index contributed by atoms with van der Waals surface area (Å²) >= 11 is 0. The molecule has 2 aliphatic rings. The van der Waals surface area contributed by atoms with Crippen LogP contribution in [0.5, 0.6) is 5.75 Å². The first-order valence-electron chi connectivity index (χ1n) is 20.4. The first kappa shape index (κ1) is 45.3. The zero-order valence-electron chi connectivity index (χ0n) is 32.2. The van der Waals surface area contributed by atoms with E-state index in [4.69, 9.17) is 18.9 Å². The standard InChI is InChI=1S/C40H66N2O13/c1-2-26(44)15-13-11-9-7-5-3-4-6-8-10-12-14-16-32(45)41-20-19-25-22-42-29-18-17-27(21-28(25)29)53-40-38(51)36(49)34(47)31(55-40)24-52-39-37(50)35(48)33(46)30(23-43)54-39/h17-18,21-22,26,30-31,33-40,42-44,46-51H,2-16,19-20,23-24H2,1H3,(H,41,45). The fourth-order valence-electron chi connectivity index (χ4n) is 7.18. The third-order valence-electron chi connectivity index (χ3n) is 10.8. The fraction of sp³-hybridized carbons (Fsp3) is 0.775. The second-order valence-electron chi connectivity index (χ2n) is 15.1. The number of ether oxygens (including phenoxy) is 4. The van der Waals surface area contributed by atoms with Crippen LogP contribution in [0.15, 0.2) is 24.4 Å². The molecule has 314 valence electrons. The van der Waals surface area contributed by atoms with Crippen LogP contribution in [0.3, 0.4) is 0 Å². The van der Waals surface area contributed by atoms with Crippen LogP contribution in [0.25, 0.3) is 10.9 Å². The molecule has 11 atom stereocenters. The van der Waals surface area contributed by atoms with Crippen molar-refractivity contribution in [2.24, 2.45) is 0 Å². The van der Waals surface area contributed by atoms with Crippen molar-refractivity contribution in [3.8, 4) is 5.75 Å². The number of aromatic nitrogens is 1. The van der Waals surface area contributed by atoms with Gasteiger partial charge in [-0.1, -0.05) is 77.6 Å². The number of amides is 1. The topological polar surface area (TPSA) is 244 Å². The van der Waals surface area contributed by atoms with Crippen LogP contribution in [0, 0.1) is 0 Å². The lowest BCUT2D eigenvalue weighted by Gasteiger charge is -2.42. The summed E-state index contributed by atoms with van der Waals surface area (Å²) in [5.74, 6) is 0.344. The maximum atomic E-state index is 12.5. The molecule has 1 aromatic carbocycles. The SMILES string of the molecule is CCC(O)CCCCCCCCCCCCCCC(=O)NCCc1c[nH]c2ccc(OC3OC(COC4OC(CO)C(O)C(O)C4O)C(O)C(O)C3O)cc12. The van der Waals surface area contributed by atoms with E-state index in [0.717, 1.165) is 55.0 Å². The number of aliphatic hydroxyl groups excluding tert-OH is 8. The zero-order valence-corrected chi connectivity index (χ0v) is 32.2. The third-order valence-corrected chi connectivity index (χ3v) is 10.8. The van der Waals surface area contributed by atoms with Crippen molar-refractivity contribution >= 4 is 16.8 Å². The number of H-pyrrole nitrogens is 1. The average molecular weight is 783 g/mol. The van der Waals surface area contributed by atoms with Crippen LogP contribution >= 0.6 is 0 Å². The lowest BCUT2D eigenvalue weighted by atomic mass is 9.98. The van der Waals surface area contributed by atoms with E-state index >= 15 is 0 Å². The number of benzene rings is 1. The van der Waals surface area contributed by atoms with Crippen molar-refractivity contribution < 1.29 is 64.6 Å². The van der Waals surface area contributed by atoms with E-state index in [1.165, 1.54) is 51.4 Å². The van der Waals surface area contributed by atoms with Crippen LogP contribution in [-0.4, -0.2) is 139 Å². The van der Waals surface area contributed by atoms with Gasteiger partial charge in [0.1, 0.15) is 54.6 Å². The highest BCUT2D eigenvalue weighted by atomic mass is 16.7. The Labute approximate surface area is 324 Å². The Balaban J connectivity index is 1.13. The first-order valence-corrected chi connectivity index (χ1v) is 20.4. The summed E-state index contributed by atoms with van der Waals surface area (Å²) in [6.45, 7) is 1.38. The van der Waals surface area contributed by atoms with Crippen LogP contribution in [-0.2, 0) is 25.4 Å². The van der Waals surface area contributed by atoms with Crippen LogP contribution in [0.1, 0.15) is 109 Å². The second-order valence-corrected chi connectivity index (χ2v) is 15.1. The zero-order chi connectivity index (χ0) is 39.7. The number of hydrogen-bond acceptors (Lipinski definition) is 13. The summed E-state index contributed by atoms with van der Waals surface area (Å²) in [5.41, 5.74) is 1.78. The molecule has 3 heterocycles. The molecular weight excluding hydrogens is 716 g/mol. The third kappa shape index (κ3) is 13.9. The molecule has 0 bridgehead atoms. The van der Waals surface area contributed by atoms with Gasteiger partial charge in [0.05, 0.1) is 19.3 Å². The van der Waals surface area contributed by atoms with Crippen LogP contribution < -0.4 is 10.1 Å². The van der Waals surface area contributed by atoms with Gasteiger partial charge >= 0.3 is 0 Å². The molecule has 4 rings (SSSR count). The van der Waals surface area contributed by atoms with Crippen molar-refractivity contribution in [3.63, 3.8) is 0 Å². The maximum absolute atomic E-state index is 12.5.